The third-order valence-corrected chi connectivity index (χ3v) is 6.22. The number of rotatable bonds is 4. The van der Waals surface area contributed by atoms with Gasteiger partial charge < -0.3 is 20.1 Å². The number of carbonyl (C=O) groups excluding carboxylic acids is 2. The molecule has 0 unspecified atom stereocenters. The first kappa shape index (κ1) is 21.6. The first-order chi connectivity index (χ1) is 15.3. The van der Waals surface area contributed by atoms with E-state index in [1.54, 1.807) is 31.2 Å². The van der Waals surface area contributed by atoms with Crippen LogP contribution in [-0.4, -0.2) is 44.6 Å². The zero-order valence-electron chi connectivity index (χ0n) is 17.7. The molecule has 1 saturated carbocycles. The van der Waals surface area contributed by atoms with Crippen molar-refractivity contribution in [2.45, 2.75) is 57.7 Å². The molecule has 2 heterocycles. The number of aromatic hydroxyl groups is 1. The van der Waals surface area contributed by atoms with E-state index < -0.39 is 34.7 Å². The number of benzene rings is 1. The Morgan fingerprint density at radius 2 is 1.78 bits per heavy atom. The molecule has 1 aliphatic carbocycles. The number of carbonyl (C=O) groups is 3. The summed E-state index contributed by atoms with van der Waals surface area (Å²) >= 11 is 0. The number of carboxylic acid groups (broad SMARTS) is 1. The molecule has 1 aliphatic heterocycles. The minimum atomic E-state index is -1.52. The minimum Gasteiger partial charge on any atom is -0.503 e. The van der Waals surface area contributed by atoms with Gasteiger partial charge in [-0.05, 0) is 31.4 Å². The molecule has 168 valence electrons. The number of nitrogens with zero attached hydrogens (tertiary/aromatic N) is 2. The Morgan fingerprint density at radius 3 is 2.44 bits per heavy atom. The van der Waals surface area contributed by atoms with Crippen molar-refractivity contribution in [1.82, 2.24) is 9.88 Å². The molecule has 2 aromatic rings. The molecule has 2 aliphatic rings. The maximum Gasteiger partial charge on any atom is 0.341 e. The summed E-state index contributed by atoms with van der Waals surface area (Å²) in [6.45, 7) is 1.70. The van der Waals surface area contributed by atoms with E-state index in [9.17, 15) is 29.4 Å². The van der Waals surface area contributed by atoms with Crippen LogP contribution in [0.5, 0.6) is 5.75 Å². The van der Waals surface area contributed by atoms with Crippen molar-refractivity contribution in [2.24, 2.45) is 0 Å². The van der Waals surface area contributed by atoms with Crippen LogP contribution in [0.25, 0.3) is 0 Å². The molecule has 0 spiro atoms. The van der Waals surface area contributed by atoms with Gasteiger partial charge in [0.15, 0.2) is 11.4 Å². The first-order valence-electron chi connectivity index (χ1n) is 10.7. The summed E-state index contributed by atoms with van der Waals surface area (Å²) in [4.78, 5) is 51.9. The molecule has 2 amide bonds. The average molecular weight is 439 g/mol. The van der Waals surface area contributed by atoms with Crippen molar-refractivity contribution in [1.29, 1.82) is 0 Å². The summed E-state index contributed by atoms with van der Waals surface area (Å²) in [5, 5.41) is 22.8. The molecule has 1 aromatic heterocycles. The zero-order chi connectivity index (χ0) is 23.0. The standard InChI is InChI=1S/C23H25N3O6/c1-13-7-5-6-10-16(13)26-17(21(29)24-14-8-3-2-4-9-14)12-25-11-15(23(31)32)19(27)20(28)18(25)22(26)30/h5-7,10-11,14,17,28H,2-4,8-9,12H2,1H3,(H,24,29)(H,31,32)/t17-/m1/s1. The predicted octanol–water partition coefficient (Wildman–Crippen LogP) is 2.04. The SMILES string of the molecule is Cc1ccccc1N1C(=O)c2c(O)c(=O)c(C(=O)O)cn2C[C@@H]1C(=O)NC1CCCCC1. The quantitative estimate of drug-likeness (QED) is 0.669. The van der Waals surface area contributed by atoms with Crippen molar-refractivity contribution in [2.75, 3.05) is 4.90 Å². The number of carboxylic acids is 1. The van der Waals surface area contributed by atoms with Gasteiger partial charge in [-0.3, -0.25) is 19.3 Å². The Bertz CT molecular complexity index is 1150. The number of pyridine rings is 1. The highest BCUT2D eigenvalue weighted by Crippen LogP contribution is 2.31. The number of aromatic nitrogens is 1. The lowest BCUT2D eigenvalue weighted by molar-refractivity contribution is -0.123. The Labute approximate surface area is 184 Å². The van der Waals surface area contributed by atoms with Gasteiger partial charge in [-0.25, -0.2) is 4.79 Å². The highest BCUT2D eigenvalue weighted by molar-refractivity contribution is 6.12. The number of fused-ring (bicyclic) bond motifs is 1. The Kier molecular flexibility index (Phi) is 5.73. The summed E-state index contributed by atoms with van der Waals surface area (Å²) in [6.07, 6.45) is 5.93. The Balaban J connectivity index is 1.81. The summed E-state index contributed by atoms with van der Waals surface area (Å²) < 4.78 is 1.20. The molecule has 3 N–H and O–H groups in total. The van der Waals surface area contributed by atoms with Crippen molar-refractivity contribution < 1.29 is 24.6 Å². The largest absolute Gasteiger partial charge is 0.503 e. The van der Waals surface area contributed by atoms with Gasteiger partial charge in [0.2, 0.25) is 11.3 Å². The lowest BCUT2D eigenvalue weighted by atomic mass is 9.95. The molecule has 0 bridgehead atoms. The molecule has 9 heteroatoms. The fourth-order valence-electron chi connectivity index (χ4n) is 4.55. The van der Waals surface area contributed by atoms with Gasteiger partial charge in [0, 0.05) is 17.9 Å². The molecular weight excluding hydrogens is 414 g/mol. The first-order valence-corrected chi connectivity index (χ1v) is 10.7. The van der Waals surface area contributed by atoms with Gasteiger partial charge >= 0.3 is 5.97 Å². The fraction of sp³-hybridized carbons (Fsp3) is 0.391. The highest BCUT2D eigenvalue weighted by Gasteiger charge is 2.41. The van der Waals surface area contributed by atoms with Crippen molar-refractivity contribution in [3.05, 3.63) is 57.5 Å². The van der Waals surface area contributed by atoms with Crippen molar-refractivity contribution in [3.8, 4) is 5.75 Å². The fourth-order valence-corrected chi connectivity index (χ4v) is 4.55. The van der Waals surface area contributed by atoms with E-state index in [-0.39, 0.29) is 24.2 Å². The van der Waals surface area contributed by atoms with Crippen LogP contribution in [0.3, 0.4) is 0 Å². The number of para-hydroxylation sites is 1. The van der Waals surface area contributed by atoms with Gasteiger partial charge in [-0.1, -0.05) is 37.5 Å². The van der Waals surface area contributed by atoms with E-state index >= 15 is 0 Å². The lowest BCUT2D eigenvalue weighted by Gasteiger charge is -2.38. The van der Waals surface area contributed by atoms with Crippen LogP contribution in [0.15, 0.2) is 35.3 Å². The van der Waals surface area contributed by atoms with Gasteiger partial charge in [-0.2, -0.15) is 0 Å². The topological polar surface area (TPSA) is 129 Å². The van der Waals surface area contributed by atoms with Gasteiger partial charge in [0.1, 0.15) is 11.6 Å². The molecule has 4 rings (SSSR count). The monoisotopic (exact) mass is 439 g/mol. The van der Waals surface area contributed by atoms with Crippen LogP contribution in [0, 0.1) is 6.92 Å². The number of aryl methyl sites for hydroxylation is 1. The number of hydrogen-bond donors (Lipinski definition) is 3. The van der Waals surface area contributed by atoms with Gasteiger partial charge in [0.25, 0.3) is 5.91 Å². The van der Waals surface area contributed by atoms with Crippen molar-refractivity contribution >= 4 is 23.5 Å². The molecule has 0 saturated heterocycles. The molecule has 0 radical (unpaired) electrons. The molecule has 32 heavy (non-hydrogen) atoms. The molecular formula is C23H25N3O6. The van der Waals surface area contributed by atoms with E-state index in [2.05, 4.69) is 5.32 Å². The molecule has 9 nitrogen and oxygen atoms in total. The normalized spacial score (nSPS) is 18.8. The Hall–Kier alpha value is -3.62. The van der Waals surface area contributed by atoms with Crippen LogP contribution in [-0.2, 0) is 11.3 Å². The molecule has 1 atom stereocenters. The van der Waals surface area contributed by atoms with E-state index in [0.29, 0.717) is 5.69 Å². The smallest absolute Gasteiger partial charge is 0.341 e. The second-order valence-electron chi connectivity index (χ2n) is 8.35. The summed E-state index contributed by atoms with van der Waals surface area (Å²) in [5.41, 5.74) is -0.887. The number of anilines is 1. The van der Waals surface area contributed by atoms with Crippen LogP contribution in [0.1, 0.15) is 58.5 Å². The zero-order valence-corrected chi connectivity index (χ0v) is 17.7. The Morgan fingerprint density at radius 1 is 1.09 bits per heavy atom. The number of nitrogens with one attached hydrogen (secondary N) is 1. The maximum absolute atomic E-state index is 13.5. The van der Waals surface area contributed by atoms with E-state index in [1.807, 2.05) is 0 Å². The third kappa shape index (κ3) is 3.74. The third-order valence-electron chi connectivity index (χ3n) is 6.22. The summed E-state index contributed by atoms with van der Waals surface area (Å²) in [5.74, 6) is -3.53. The maximum atomic E-state index is 13.5. The van der Waals surface area contributed by atoms with Crippen LogP contribution in [0.2, 0.25) is 0 Å². The van der Waals surface area contributed by atoms with Crippen LogP contribution in [0.4, 0.5) is 5.69 Å². The average Bonchev–Trinajstić information content (AvgIpc) is 2.77. The second kappa shape index (κ2) is 8.49. The number of hydrogen-bond acceptors (Lipinski definition) is 5. The van der Waals surface area contributed by atoms with Crippen molar-refractivity contribution in [3.63, 3.8) is 0 Å². The summed E-state index contributed by atoms with van der Waals surface area (Å²) in [6, 6.07) is 6.09. The van der Waals surface area contributed by atoms with Gasteiger partial charge in [-0.15, -0.1) is 0 Å². The van der Waals surface area contributed by atoms with E-state index in [1.165, 1.54) is 9.47 Å². The number of amides is 2. The predicted molar refractivity (Wildman–Crippen MR) is 116 cm³/mol. The summed E-state index contributed by atoms with van der Waals surface area (Å²) in [7, 11) is 0. The minimum absolute atomic E-state index is 0.0171. The van der Waals surface area contributed by atoms with E-state index in [4.69, 9.17) is 0 Å². The molecule has 1 aromatic carbocycles. The van der Waals surface area contributed by atoms with Gasteiger partial charge in [0.05, 0.1) is 6.54 Å². The number of aromatic carboxylic acids is 1. The molecule has 1 fully saturated rings. The highest BCUT2D eigenvalue weighted by atomic mass is 16.4. The van der Waals surface area contributed by atoms with Crippen LogP contribution < -0.4 is 15.6 Å². The lowest BCUT2D eigenvalue weighted by Crippen LogP contribution is -2.57. The van der Waals surface area contributed by atoms with E-state index in [0.717, 1.165) is 43.9 Å². The van der Waals surface area contributed by atoms with Crippen LogP contribution >= 0.6 is 0 Å². The second-order valence-corrected chi connectivity index (χ2v) is 8.35.